The fraction of sp³-hybridized carbons (Fsp3) is 0.457. The van der Waals surface area contributed by atoms with E-state index in [0.29, 0.717) is 11.3 Å². The second-order valence-electron chi connectivity index (χ2n) is 13.6. The summed E-state index contributed by atoms with van der Waals surface area (Å²) in [6.07, 6.45) is -1.98. The number of ether oxygens (including phenoxy) is 3. The van der Waals surface area contributed by atoms with Crippen molar-refractivity contribution >= 4 is 23.2 Å². The number of esters is 1. The van der Waals surface area contributed by atoms with Crippen LogP contribution in [-0.4, -0.2) is 64.0 Å². The maximum atomic E-state index is 17.5. The zero-order valence-corrected chi connectivity index (χ0v) is 25.3. The predicted molar refractivity (Wildman–Crippen MR) is 160 cm³/mol. The third-order valence-corrected chi connectivity index (χ3v) is 11.4. The Morgan fingerprint density at radius 2 is 1.85 bits per heavy atom. The van der Waals surface area contributed by atoms with E-state index in [1.54, 1.807) is 37.3 Å². The van der Waals surface area contributed by atoms with Crippen molar-refractivity contribution in [1.82, 2.24) is 0 Å². The number of anilines is 1. The fourth-order valence-electron chi connectivity index (χ4n) is 9.24. The van der Waals surface area contributed by atoms with Gasteiger partial charge in [0, 0.05) is 34.1 Å². The molecule has 3 saturated carbocycles. The lowest BCUT2D eigenvalue weighted by molar-refractivity contribution is -0.235. The highest BCUT2D eigenvalue weighted by atomic mass is 19.1. The fourth-order valence-corrected chi connectivity index (χ4v) is 9.24. The van der Waals surface area contributed by atoms with Crippen molar-refractivity contribution in [3.63, 3.8) is 0 Å². The Balaban J connectivity index is 1.19. The number of ketones is 2. The van der Waals surface area contributed by atoms with Gasteiger partial charge in [-0.15, -0.1) is 0 Å². The molecule has 0 radical (unpaired) electrons. The van der Waals surface area contributed by atoms with Gasteiger partial charge in [0.1, 0.15) is 18.5 Å². The van der Waals surface area contributed by atoms with Gasteiger partial charge in [0.2, 0.25) is 0 Å². The molecule has 0 unspecified atom stereocenters. The SMILES string of the molecule is C[C@]12C=CC(=O)C=C1[C@@H](F)C[C@H]1[C@@H]3C[C@H]4O[C@H](c5ccc(C(=O)Oc6cccc(N)c6)cc5)O[C@@]4(C(=O)CO)[C@@]3(C)C[C@H](O)[C@@]12F. The van der Waals surface area contributed by atoms with Gasteiger partial charge in [0.25, 0.3) is 0 Å². The summed E-state index contributed by atoms with van der Waals surface area (Å²) >= 11 is 0. The van der Waals surface area contributed by atoms with Crippen molar-refractivity contribution in [3.8, 4) is 5.75 Å². The monoisotopic (exact) mass is 635 g/mol. The van der Waals surface area contributed by atoms with E-state index in [2.05, 4.69) is 0 Å². The normalized spacial score (nSPS) is 40.7. The third-order valence-electron chi connectivity index (χ3n) is 11.4. The summed E-state index contributed by atoms with van der Waals surface area (Å²) in [5, 5.41) is 21.8. The van der Waals surface area contributed by atoms with Crippen LogP contribution in [-0.2, 0) is 19.1 Å². The number of hydrogen-bond acceptors (Lipinski definition) is 9. The molecule has 0 spiro atoms. The third kappa shape index (κ3) is 4.01. The topological polar surface area (TPSA) is 145 Å². The number of alkyl halides is 2. The van der Waals surface area contributed by atoms with E-state index in [4.69, 9.17) is 19.9 Å². The zero-order chi connectivity index (χ0) is 32.8. The minimum Gasteiger partial charge on any atom is -0.423 e. The van der Waals surface area contributed by atoms with E-state index in [1.807, 2.05) is 0 Å². The zero-order valence-electron chi connectivity index (χ0n) is 25.3. The molecule has 4 aliphatic carbocycles. The molecule has 10 atom stereocenters. The van der Waals surface area contributed by atoms with Gasteiger partial charge in [0.15, 0.2) is 29.1 Å². The Kier molecular flexibility index (Phi) is 6.95. The molecule has 7 rings (SSSR count). The first-order valence-corrected chi connectivity index (χ1v) is 15.4. The maximum Gasteiger partial charge on any atom is 0.343 e. The standard InChI is InChI=1S/C35H35F2NO8/c1-32-11-10-21(40)13-25(32)26(36)14-24-23-15-29-35(28(42)17-39,33(23,2)16-27(41)34(24,32)37)46-31(45-29)19-8-6-18(7-9-19)30(43)44-22-5-3-4-20(38)12-22/h3-13,23-24,26-27,29,31,39,41H,14-17,38H2,1-2H3/t23-,24-,26-,27-,29+,31-,32-,33-,34-,35+/m0/s1. The molecule has 242 valence electrons. The average molecular weight is 636 g/mol. The lowest BCUT2D eigenvalue weighted by Gasteiger charge is -2.63. The van der Waals surface area contributed by atoms with Crippen LogP contribution in [0.2, 0.25) is 0 Å². The number of aliphatic hydroxyl groups is 2. The lowest BCUT2D eigenvalue weighted by atomic mass is 9.44. The number of fused-ring (bicyclic) bond motifs is 7. The van der Waals surface area contributed by atoms with Crippen LogP contribution in [0.4, 0.5) is 14.5 Å². The molecular formula is C35H35F2NO8. The quantitative estimate of drug-likeness (QED) is 0.251. The van der Waals surface area contributed by atoms with Crippen LogP contribution < -0.4 is 10.5 Å². The van der Waals surface area contributed by atoms with E-state index < -0.39 is 82.7 Å². The van der Waals surface area contributed by atoms with Gasteiger partial charge in [-0.3, -0.25) is 9.59 Å². The number of halogens is 2. The lowest BCUT2D eigenvalue weighted by Crippen LogP contribution is -2.70. The van der Waals surface area contributed by atoms with Crippen molar-refractivity contribution in [2.45, 2.75) is 69.0 Å². The van der Waals surface area contributed by atoms with Gasteiger partial charge >= 0.3 is 5.97 Å². The first-order chi connectivity index (χ1) is 21.8. The number of nitrogens with two attached hydrogens (primary N) is 1. The number of benzene rings is 2. The van der Waals surface area contributed by atoms with Gasteiger partial charge in [-0.05, 0) is 74.1 Å². The number of nitrogen functional groups attached to an aromatic ring is 1. The van der Waals surface area contributed by atoms with Crippen LogP contribution in [0.1, 0.15) is 55.3 Å². The molecule has 11 heteroatoms. The molecule has 2 aromatic rings. The van der Waals surface area contributed by atoms with Crippen LogP contribution in [0.25, 0.3) is 0 Å². The number of aliphatic hydroxyl groups excluding tert-OH is 2. The van der Waals surface area contributed by atoms with Gasteiger partial charge in [-0.2, -0.15) is 0 Å². The summed E-state index contributed by atoms with van der Waals surface area (Å²) < 4.78 is 51.5. The summed E-state index contributed by atoms with van der Waals surface area (Å²) in [6.45, 7) is 2.34. The van der Waals surface area contributed by atoms with Gasteiger partial charge < -0.3 is 30.2 Å². The minimum atomic E-state index is -2.33. The largest absolute Gasteiger partial charge is 0.423 e. The highest BCUT2D eigenvalue weighted by molar-refractivity contribution is 6.01. The van der Waals surface area contributed by atoms with E-state index in [0.717, 1.165) is 6.08 Å². The maximum absolute atomic E-state index is 17.5. The molecule has 1 heterocycles. The van der Waals surface area contributed by atoms with E-state index in [1.165, 1.54) is 37.3 Å². The summed E-state index contributed by atoms with van der Waals surface area (Å²) in [7, 11) is 0. The second-order valence-corrected chi connectivity index (χ2v) is 13.6. The van der Waals surface area contributed by atoms with Crippen molar-refractivity contribution in [2.24, 2.45) is 22.7 Å². The number of hydrogen-bond donors (Lipinski definition) is 3. The van der Waals surface area contributed by atoms with Crippen molar-refractivity contribution < 1.29 is 47.6 Å². The summed E-state index contributed by atoms with van der Waals surface area (Å²) in [4.78, 5) is 38.5. The van der Waals surface area contributed by atoms with Crippen LogP contribution in [0.5, 0.6) is 5.75 Å². The molecule has 0 amide bonds. The molecule has 1 aliphatic heterocycles. The van der Waals surface area contributed by atoms with E-state index >= 15 is 8.78 Å². The molecule has 46 heavy (non-hydrogen) atoms. The summed E-state index contributed by atoms with van der Waals surface area (Å²) in [6, 6.07) is 12.7. The highest BCUT2D eigenvalue weighted by Crippen LogP contribution is 2.72. The smallest absolute Gasteiger partial charge is 0.343 e. The Morgan fingerprint density at radius 3 is 2.54 bits per heavy atom. The second kappa shape index (κ2) is 10.4. The van der Waals surface area contributed by atoms with E-state index in [9.17, 15) is 24.6 Å². The highest BCUT2D eigenvalue weighted by Gasteiger charge is 2.80. The Morgan fingerprint density at radius 1 is 1.11 bits per heavy atom. The predicted octanol–water partition coefficient (Wildman–Crippen LogP) is 4.13. The van der Waals surface area contributed by atoms with Gasteiger partial charge in [-0.25, -0.2) is 13.6 Å². The molecular weight excluding hydrogens is 600 g/mol. The average Bonchev–Trinajstić information content (AvgIpc) is 3.52. The first kappa shape index (κ1) is 30.9. The molecule has 4 fully saturated rings. The minimum absolute atomic E-state index is 0.00790. The Hall–Kier alpha value is -3.77. The molecule has 1 saturated heterocycles. The number of carbonyl (C=O) groups is 3. The van der Waals surface area contributed by atoms with Crippen LogP contribution in [0, 0.1) is 22.7 Å². The molecule has 2 aromatic carbocycles. The number of Topliss-reactive ketones (excluding diaryl/α,β-unsaturated/α-hetero) is 1. The van der Waals surface area contributed by atoms with Crippen LogP contribution in [0.15, 0.2) is 72.3 Å². The number of allylic oxidation sites excluding steroid dienone is 4. The Bertz CT molecular complexity index is 1690. The number of rotatable bonds is 5. The molecule has 5 aliphatic rings. The molecule has 4 N–H and O–H groups in total. The van der Waals surface area contributed by atoms with Crippen LogP contribution >= 0.6 is 0 Å². The number of carbonyl (C=O) groups excluding carboxylic acids is 3. The first-order valence-electron chi connectivity index (χ1n) is 15.4. The molecule has 0 aromatic heterocycles. The Labute approximate surface area is 264 Å². The molecule has 0 bridgehead atoms. The summed E-state index contributed by atoms with van der Waals surface area (Å²) in [5.74, 6) is -3.13. The van der Waals surface area contributed by atoms with E-state index in [-0.39, 0.29) is 36.1 Å². The van der Waals surface area contributed by atoms with Crippen LogP contribution in [0.3, 0.4) is 0 Å². The van der Waals surface area contributed by atoms with Crippen molar-refractivity contribution in [2.75, 3.05) is 12.3 Å². The van der Waals surface area contributed by atoms with Crippen molar-refractivity contribution in [1.29, 1.82) is 0 Å². The summed E-state index contributed by atoms with van der Waals surface area (Å²) in [5.41, 5.74) is 0.0314. The van der Waals surface area contributed by atoms with Crippen molar-refractivity contribution in [3.05, 3.63) is 83.5 Å². The molecule has 9 nitrogen and oxygen atoms in total. The van der Waals surface area contributed by atoms with Gasteiger partial charge in [-0.1, -0.05) is 31.2 Å². The van der Waals surface area contributed by atoms with Gasteiger partial charge in [0.05, 0.1) is 17.8 Å².